The molecule has 106 valence electrons. The van der Waals surface area contributed by atoms with E-state index in [2.05, 4.69) is 10.6 Å². The predicted molar refractivity (Wildman–Crippen MR) is 71.9 cm³/mol. The fraction of sp³-hybridized carbons (Fsp3) is 0.429. The Hall–Kier alpha value is -2.08. The molecule has 2 heterocycles. The largest absolute Gasteiger partial charge is 0.479 e. The average Bonchev–Trinajstić information content (AvgIpc) is 3.06. The van der Waals surface area contributed by atoms with Gasteiger partial charge in [-0.1, -0.05) is 6.07 Å². The molecular weight excluding hydrogens is 260 g/mol. The molecule has 0 spiro atoms. The average molecular weight is 276 g/mol. The van der Waals surface area contributed by atoms with E-state index < -0.39 is 11.5 Å². The SMILES string of the molecule is O=C(NC1(C(=O)O)CCOC1)c1ccc2c(c1)NCC2. The van der Waals surface area contributed by atoms with Gasteiger partial charge in [0, 0.05) is 30.8 Å². The minimum Gasteiger partial charge on any atom is -0.479 e. The number of aliphatic carboxylic acids is 1. The summed E-state index contributed by atoms with van der Waals surface area (Å²) in [5, 5.41) is 15.1. The van der Waals surface area contributed by atoms with Crippen LogP contribution in [0.15, 0.2) is 18.2 Å². The maximum Gasteiger partial charge on any atom is 0.331 e. The molecule has 0 aliphatic carbocycles. The minimum absolute atomic E-state index is 0.0112. The van der Waals surface area contributed by atoms with Gasteiger partial charge in [0.25, 0.3) is 5.91 Å². The van der Waals surface area contributed by atoms with E-state index in [4.69, 9.17) is 4.74 Å². The summed E-state index contributed by atoms with van der Waals surface area (Å²) in [5.41, 5.74) is 1.29. The molecule has 3 N–H and O–H groups in total. The van der Waals surface area contributed by atoms with Crippen molar-refractivity contribution in [3.05, 3.63) is 29.3 Å². The Morgan fingerprint density at radius 2 is 2.25 bits per heavy atom. The summed E-state index contributed by atoms with van der Waals surface area (Å²) < 4.78 is 5.12. The van der Waals surface area contributed by atoms with Gasteiger partial charge in [-0.05, 0) is 24.1 Å². The lowest BCUT2D eigenvalue weighted by Crippen LogP contribution is -2.55. The molecule has 1 fully saturated rings. The van der Waals surface area contributed by atoms with Crippen molar-refractivity contribution >= 4 is 17.6 Å². The monoisotopic (exact) mass is 276 g/mol. The van der Waals surface area contributed by atoms with Crippen LogP contribution in [0.25, 0.3) is 0 Å². The molecule has 1 amide bonds. The molecule has 0 radical (unpaired) electrons. The second-order valence-electron chi connectivity index (χ2n) is 5.19. The Balaban J connectivity index is 1.80. The van der Waals surface area contributed by atoms with Crippen molar-refractivity contribution in [2.24, 2.45) is 0 Å². The molecular formula is C14H16N2O4. The Bertz CT molecular complexity index is 564. The van der Waals surface area contributed by atoms with Crippen molar-refractivity contribution in [2.75, 3.05) is 25.1 Å². The van der Waals surface area contributed by atoms with Crippen LogP contribution in [0.4, 0.5) is 5.69 Å². The van der Waals surface area contributed by atoms with Gasteiger partial charge >= 0.3 is 5.97 Å². The van der Waals surface area contributed by atoms with E-state index in [0.29, 0.717) is 12.2 Å². The first-order valence-corrected chi connectivity index (χ1v) is 6.61. The smallest absolute Gasteiger partial charge is 0.331 e. The fourth-order valence-corrected chi connectivity index (χ4v) is 2.61. The number of hydrogen-bond donors (Lipinski definition) is 3. The molecule has 6 heteroatoms. The van der Waals surface area contributed by atoms with Crippen LogP contribution in [0.2, 0.25) is 0 Å². The van der Waals surface area contributed by atoms with Crippen molar-refractivity contribution in [3.8, 4) is 0 Å². The standard InChI is InChI=1S/C14H16N2O4/c17-12(16-14(13(18)19)4-6-20-8-14)10-2-1-9-3-5-15-11(9)7-10/h1-2,7,15H,3-6,8H2,(H,16,17)(H,18,19). The van der Waals surface area contributed by atoms with Crippen molar-refractivity contribution in [1.29, 1.82) is 0 Å². The van der Waals surface area contributed by atoms with Crippen molar-refractivity contribution in [2.45, 2.75) is 18.4 Å². The van der Waals surface area contributed by atoms with E-state index >= 15 is 0 Å². The van der Waals surface area contributed by atoms with Crippen LogP contribution in [-0.2, 0) is 16.0 Å². The number of rotatable bonds is 3. The quantitative estimate of drug-likeness (QED) is 0.753. The van der Waals surface area contributed by atoms with Crippen LogP contribution in [0.3, 0.4) is 0 Å². The van der Waals surface area contributed by atoms with E-state index in [-0.39, 0.29) is 18.9 Å². The second-order valence-corrected chi connectivity index (χ2v) is 5.19. The molecule has 0 bridgehead atoms. The van der Waals surface area contributed by atoms with E-state index in [1.807, 2.05) is 6.07 Å². The number of benzene rings is 1. The molecule has 1 atom stereocenters. The van der Waals surface area contributed by atoms with Gasteiger partial charge in [-0.25, -0.2) is 4.79 Å². The summed E-state index contributed by atoms with van der Waals surface area (Å²) in [6.07, 6.45) is 1.24. The highest BCUT2D eigenvalue weighted by Gasteiger charge is 2.44. The van der Waals surface area contributed by atoms with E-state index in [0.717, 1.165) is 18.7 Å². The van der Waals surface area contributed by atoms with Gasteiger partial charge < -0.3 is 20.5 Å². The molecule has 0 aromatic heterocycles. The summed E-state index contributed by atoms with van der Waals surface area (Å²) in [5.74, 6) is -1.43. The fourth-order valence-electron chi connectivity index (χ4n) is 2.61. The van der Waals surface area contributed by atoms with E-state index in [1.54, 1.807) is 12.1 Å². The third-order valence-corrected chi connectivity index (χ3v) is 3.87. The Labute approximate surface area is 116 Å². The third kappa shape index (κ3) is 2.12. The van der Waals surface area contributed by atoms with Gasteiger partial charge in [0.1, 0.15) is 0 Å². The first-order chi connectivity index (χ1) is 9.61. The Morgan fingerprint density at radius 1 is 1.40 bits per heavy atom. The van der Waals surface area contributed by atoms with Crippen molar-refractivity contribution < 1.29 is 19.4 Å². The maximum atomic E-state index is 12.3. The Morgan fingerprint density at radius 3 is 2.95 bits per heavy atom. The number of anilines is 1. The summed E-state index contributed by atoms with van der Waals surface area (Å²) in [7, 11) is 0. The van der Waals surface area contributed by atoms with Crippen LogP contribution in [0, 0.1) is 0 Å². The van der Waals surface area contributed by atoms with E-state index in [1.165, 1.54) is 5.56 Å². The summed E-state index contributed by atoms with van der Waals surface area (Å²) >= 11 is 0. The minimum atomic E-state index is -1.30. The number of carbonyl (C=O) groups excluding carboxylic acids is 1. The van der Waals surface area contributed by atoms with Crippen LogP contribution < -0.4 is 10.6 Å². The lowest BCUT2D eigenvalue weighted by atomic mass is 9.98. The molecule has 20 heavy (non-hydrogen) atoms. The number of carbonyl (C=O) groups is 2. The number of carboxylic acids is 1. The second kappa shape index (κ2) is 4.79. The first-order valence-electron chi connectivity index (χ1n) is 6.61. The topological polar surface area (TPSA) is 87.7 Å². The van der Waals surface area contributed by atoms with Gasteiger partial charge in [0.05, 0.1) is 6.61 Å². The molecule has 0 saturated carbocycles. The summed E-state index contributed by atoms with van der Waals surface area (Å²) in [4.78, 5) is 23.6. The molecule has 1 unspecified atom stereocenters. The molecule has 1 saturated heterocycles. The first kappa shape index (κ1) is 12.9. The van der Waals surface area contributed by atoms with Gasteiger partial charge in [0.2, 0.25) is 0 Å². The molecule has 3 rings (SSSR count). The number of hydrogen-bond acceptors (Lipinski definition) is 4. The lowest BCUT2D eigenvalue weighted by Gasteiger charge is -2.23. The lowest BCUT2D eigenvalue weighted by molar-refractivity contribution is -0.144. The van der Waals surface area contributed by atoms with Gasteiger partial charge in [0.15, 0.2) is 5.54 Å². The highest BCUT2D eigenvalue weighted by molar-refractivity contribution is 5.99. The number of carboxylic acid groups (broad SMARTS) is 1. The number of nitrogens with one attached hydrogen (secondary N) is 2. The zero-order valence-electron chi connectivity index (χ0n) is 10.9. The number of ether oxygens (including phenoxy) is 1. The van der Waals surface area contributed by atoms with Gasteiger partial charge in [-0.2, -0.15) is 0 Å². The third-order valence-electron chi connectivity index (χ3n) is 3.87. The van der Waals surface area contributed by atoms with Gasteiger partial charge in [-0.15, -0.1) is 0 Å². The molecule has 2 aliphatic heterocycles. The number of amides is 1. The van der Waals surface area contributed by atoms with E-state index in [9.17, 15) is 14.7 Å². The Kier molecular flexibility index (Phi) is 3.10. The summed E-state index contributed by atoms with van der Waals surface area (Å²) in [6, 6.07) is 5.40. The van der Waals surface area contributed by atoms with Crippen molar-refractivity contribution in [3.63, 3.8) is 0 Å². The zero-order valence-corrected chi connectivity index (χ0v) is 10.9. The van der Waals surface area contributed by atoms with Crippen LogP contribution in [0.5, 0.6) is 0 Å². The van der Waals surface area contributed by atoms with Crippen molar-refractivity contribution in [1.82, 2.24) is 5.32 Å². The highest BCUT2D eigenvalue weighted by atomic mass is 16.5. The van der Waals surface area contributed by atoms with Crippen LogP contribution >= 0.6 is 0 Å². The number of fused-ring (bicyclic) bond motifs is 1. The maximum absolute atomic E-state index is 12.3. The molecule has 2 aliphatic rings. The highest BCUT2D eigenvalue weighted by Crippen LogP contribution is 2.24. The normalized spacial score (nSPS) is 24.0. The molecule has 1 aromatic rings. The van der Waals surface area contributed by atoms with Gasteiger partial charge in [-0.3, -0.25) is 4.79 Å². The molecule has 6 nitrogen and oxygen atoms in total. The van der Waals surface area contributed by atoms with Crippen LogP contribution in [-0.4, -0.2) is 42.3 Å². The predicted octanol–water partition coefficient (Wildman–Crippen LogP) is 0.628. The van der Waals surface area contributed by atoms with Crippen LogP contribution in [0.1, 0.15) is 22.3 Å². The molecule has 1 aromatic carbocycles. The zero-order chi connectivity index (χ0) is 14.2. The summed E-state index contributed by atoms with van der Waals surface area (Å²) in [6.45, 7) is 1.23.